The summed E-state index contributed by atoms with van der Waals surface area (Å²) in [5.41, 5.74) is 1.61. The topological polar surface area (TPSA) is 103 Å². The number of oxazole rings is 1. The molecule has 29 heavy (non-hydrogen) atoms. The molecule has 0 radical (unpaired) electrons. The Bertz CT molecular complexity index is 1090. The molecule has 0 aliphatic carbocycles. The van der Waals surface area contributed by atoms with Gasteiger partial charge in [-0.3, -0.25) is 9.78 Å². The number of carbonyl (C=O) groups is 1. The van der Waals surface area contributed by atoms with Gasteiger partial charge in [-0.25, -0.2) is 4.98 Å². The molecule has 0 fully saturated rings. The lowest BCUT2D eigenvalue weighted by Crippen LogP contribution is -2.12. The van der Waals surface area contributed by atoms with E-state index in [9.17, 15) is 4.79 Å². The van der Waals surface area contributed by atoms with Gasteiger partial charge in [0.25, 0.3) is 0 Å². The minimum absolute atomic E-state index is 0.182. The summed E-state index contributed by atoms with van der Waals surface area (Å²) in [5.74, 6) is 1.73. The van der Waals surface area contributed by atoms with Crippen LogP contribution in [0, 0.1) is 0 Å². The number of nitrogens with zero attached hydrogens (tertiary/aromatic N) is 4. The van der Waals surface area contributed by atoms with E-state index in [1.54, 1.807) is 19.5 Å². The summed E-state index contributed by atoms with van der Waals surface area (Å²) in [6.45, 7) is 0. The second-order valence-electron chi connectivity index (χ2n) is 6.02. The van der Waals surface area contributed by atoms with Crippen LogP contribution < -0.4 is 10.1 Å². The third-order valence-corrected chi connectivity index (χ3v) is 4.91. The average molecular weight is 407 g/mol. The van der Waals surface area contributed by atoms with Crippen molar-refractivity contribution in [2.75, 3.05) is 12.4 Å². The molecule has 3 aromatic heterocycles. The van der Waals surface area contributed by atoms with Crippen molar-refractivity contribution >= 4 is 22.4 Å². The van der Waals surface area contributed by atoms with E-state index in [0.717, 1.165) is 17.0 Å². The maximum atomic E-state index is 12.2. The van der Waals surface area contributed by atoms with Gasteiger partial charge in [0, 0.05) is 24.6 Å². The molecule has 0 aliphatic rings. The van der Waals surface area contributed by atoms with Gasteiger partial charge in [0.2, 0.25) is 11.0 Å². The molecule has 9 heteroatoms. The molecule has 1 amide bonds. The van der Waals surface area contributed by atoms with Crippen molar-refractivity contribution in [1.29, 1.82) is 0 Å². The molecule has 3 heterocycles. The molecule has 4 aromatic rings. The maximum Gasteiger partial charge on any atom is 0.226 e. The van der Waals surface area contributed by atoms with Crippen LogP contribution in [0.3, 0.4) is 0 Å². The van der Waals surface area contributed by atoms with Gasteiger partial charge in [-0.1, -0.05) is 17.4 Å². The standard InChI is InChI=1S/C20H17N5O3S/c1-27-14-7-5-13(6-8-14)16-12-22-18(28-16)10-9-17(26)23-20-25-24-19(29-20)15-4-2-3-11-21-15/h2-8,11-12H,9-10H2,1H3,(H,23,25,26). The SMILES string of the molecule is COc1ccc(-c2cnc(CCC(=O)Nc3nnc(-c4ccccn4)s3)o2)cc1. The molecule has 0 spiro atoms. The first-order valence-electron chi connectivity index (χ1n) is 8.85. The van der Waals surface area contributed by atoms with E-state index >= 15 is 0 Å². The van der Waals surface area contributed by atoms with Crippen molar-refractivity contribution in [3.63, 3.8) is 0 Å². The minimum atomic E-state index is -0.182. The van der Waals surface area contributed by atoms with Gasteiger partial charge >= 0.3 is 0 Å². The highest BCUT2D eigenvalue weighted by Gasteiger charge is 2.12. The smallest absolute Gasteiger partial charge is 0.226 e. The van der Waals surface area contributed by atoms with E-state index < -0.39 is 0 Å². The van der Waals surface area contributed by atoms with E-state index in [-0.39, 0.29) is 12.3 Å². The summed E-state index contributed by atoms with van der Waals surface area (Å²) in [6, 6.07) is 13.0. The van der Waals surface area contributed by atoms with Crippen LogP contribution in [0.2, 0.25) is 0 Å². The fraction of sp³-hybridized carbons (Fsp3) is 0.150. The summed E-state index contributed by atoms with van der Waals surface area (Å²) in [4.78, 5) is 20.7. The molecular weight excluding hydrogens is 390 g/mol. The van der Waals surface area contributed by atoms with Gasteiger partial charge < -0.3 is 14.5 Å². The van der Waals surface area contributed by atoms with Gasteiger partial charge in [-0.05, 0) is 36.4 Å². The van der Waals surface area contributed by atoms with Crippen molar-refractivity contribution in [3.05, 3.63) is 60.7 Å². The lowest BCUT2D eigenvalue weighted by Gasteiger charge is -2.00. The number of anilines is 1. The monoisotopic (exact) mass is 407 g/mol. The Kier molecular flexibility index (Phi) is 5.57. The number of aromatic nitrogens is 4. The highest BCUT2D eigenvalue weighted by Crippen LogP contribution is 2.25. The molecule has 0 saturated heterocycles. The lowest BCUT2D eigenvalue weighted by molar-refractivity contribution is -0.116. The Labute approximate surface area is 170 Å². The number of hydrogen-bond donors (Lipinski definition) is 1. The van der Waals surface area contributed by atoms with Gasteiger partial charge in [0.05, 0.1) is 13.3 Å². The lowest BCUT2D eigenvalue weighted by atomic mass is 10.2. The molecule has 8 nitrogen and oxygen atoms in total. The van der Waals surface area contributed by atoms with E-state index in [0.29, 0.717) is 28.2 Å². The van der Waals surface area contributed by atoms with E-state index in [1.807, 2.05) is 42.5 Å². The number of benzene rings is 1. The third kappa shape index (κ3) is 4.64. The molecular formula is C20H17N5O3S. The minimum Gasteiger partial charge on any atom is -0.497 e. The van der Waals surface area contributed by atoms with Gasteiger partial charge in [0.1, 0.15) is 11.4 Å². The zero-order valence-corrected chi connectivity index (χ0v) is 16.3. The number of aryl methyl sites for hydroxylation is 1. The fourth-order valence-electron chi connectivity index (χ4n) is 2.58. The summed E-state index contributed by atoms with van der Waals surface area (Å²) in [5, 5.41) is 11.9. The first kappa shape index (κ1) is 18.8. The number of nitrogens with one attached hydrogen (secondary N) is 1. The first-order chi connectivity index (χ1) is 14.2. The van der Waals surface area contributed by atoms with Crippen LogP contribution in [0.4, 0.5) is 5.13 Å². The average Bonchev–Trinajstić information content (AvgIpc) is 3.43. The fourth-order valence-corrected chi connectivity index (χ4v) is 3.32. The molecule has 146 valence electrons. The molecule has 0 unspecified atom stereocenters. The Hall–Kier alpha value is -3.59. The summed E-state index contributed by atoms with van der Waals surface area (Å²) < 4.78 is 10.9. The number of rotatable bonds is 7. The number of methoxy groups -OCH3 is 1. The van der Waals surface area contributed by atoms with Crippen LogP contribution in [0.25, 0.3) is 22.0 Å². The predicted octanol–water partition coefficient (Wildman–Crippen LogP) is 3.84. The number of hydrogen-bond acceptors (Lipinski definition) is 8. The summed E-state index contributed by atoms with van der Waals surface area (Å²) >= 11 is 1.27. The molecule has 0 aliphatic heterocycles. The number of carbonyl (C=O) groups excluding carboxylic acids is 1. The van der Waals surface area contributed by atoms with E-state index in [4.69, 9.17) is 9.15 Å². The maximum absolute atomic E-state index is 12.2. The van der Waals surface area contributed by atoms with E-state index in [2.05, 4.69) is 25.5 Å². The quantitative estimate of drug-likeness (QED) is 0.496. The van der Waals surface area contributed by atoms with Crippen LogP contribution in [-0.2, 0) is 11.2 Å². The molecule has 1 N–H and O–H groups in total. The largest absolute Gasteiger partial charge is 0.497 e. The van der Waals surface area contributed by atoms with Crippen molar-refractivity contribution in [2.24, 2.45) is 0 Å². The highest BCUT2D eigenvalue weighted by atomic mass is 32.1. The van der Waals surface area contributed by atoms with Crippen LogP contribution in [-0.4, -0.2) is 33.2 Å². The highest BCUT2D eigenvalue weighted by molar-refractivity contribution is 7.18. The molecule has 4 rings (SSSR count). The Morgan fingerprint density at radius 2 is 2.00 bits per heavy atom. The van der Waals surface area contributed by atoms with Crippen LogP contribution >= 0.6 is 11.3 Å². The van der Waals surface area contributed by atoms with Crippen molar-refractivity contribution in [1.82, 2.24) is 20.2 Å². The predicted molar refractivity (Wildman–Crippen MR) is 109 cm³/mol. The Balaban J connectivity index is 1.32. The first-order valence-corrected chi connectivity index (χ1v) is 9.67. The van der Waals surface area contributed by atoms with Crippen molar-refractivity contribution < 1.29 is 13.9 Å². The summed E-state index contributed by atoms with van der Waals surface area (Å²) in [7, 11) is 1.62. The van der Waals surface area contributed by atoms with Gasteiger partial charge in [0.15, 0.2) is 16.7 Å². The van der Waals surface area contributed by atoms with Crippen molar-refractivity contribution in [2.45, 2.75) is 12.8 Å². The van der Waals surface area contributed by atoms with Crippen LogP contribution in [0.15, 0.2) is 59.3 Å². The normalized spacial score (nSPS) is 10.7. The molecule has 0 bridgehead atoms. The zero-order chi connectivity index (χ0) is 20.1. The van der Waals surface area contributed by atoms with Crippen LogP contribution in [0.5, 0.6) is 5.75 Å². The Morgan fingerprint density at radius 3 is 2.76 bits per heavy atom. The van der Waals surface area contributed by atoms with Crippen LogP contribution in [0.1, 0.15) is 12.3 Å². The number of ether oxygens (including phenoxy) is 1. The summed E-state index contributed by atoms with van der Waals surface area (Å²) in [6.07, 6.45) is 3.94. The van der Waals surface area contributed by atoms with Gasteiger partial charge in [-0.2, -0.15) is 0 Å². The molecule has 0 atom stereocenters. The molecule has 0 saturated carbocycles. The zero-order valence-electron chi connectivity index (χ0n) is 15.5. The number of amides is 1. The Morgan fingerprint density at radius 1 is 1.14 bits per heavy atom. The molecule has 1 aromatic carbocycles. The second-order valence-corrected chi connectivity index (χ2v) is 7.00. The second kappa shape index (κ2) is 8.61. The number of pyridine rings is 1. The van der Waals surface area contributed by atoms with Crippen molar-refractivity contribution in [3.8, 4) is 27.8 Å². The van der Waals surface area contributed by atoms with E-state index in [1.165, 1.54) is 11.3 Å². The van der Waals surface area contributed by atoms with Gasteiger partial charge in [-0.15, -0.1) is 10.2 Å². The third-order valence-electron chi connectivity index (χ3n) is 4.05.